The molecule has 3 N–H and O–H groups in total. The van der Waals surface area contributed by atoms with E-state index in [4.69, 9.17) is 10.8 Å². The monoisotopic (exact) mass is 143 g/mol. The molecule has 0 aromatic carbocycles. The van der Waals surface area contributed by atoms with Crippen LogP contribution in [0.5, 0.6) is 0 Å². The SMILES string of the molecule is CC=CC(=O)C(N)C(=O)O. The molecule has 0 aliphatic rings. The zero-order chi connectivity index (χ0) is 8.15. The number of hydrogen-bond donors (Lipinski definition) is 2. The Kier molecular flexibility index (Phi) is 3.35. The van der Waals surface area contributed by atoms with E-state index < -0.39 is 17.8 Å². The topological polar surface area (TPSA) is 80.4 Å². The molecule has 0 aromatic rings. The molecule has 10 heavy (non-hydrogen) atoms. The number of aliphatic carboxylic acids is 1. The molecule has 56 valence electrons. The van der Waals surface area contributed by atoms with E-state index in [0.717, 1.165) is 6.08 Å². The maximum absolute atomic E-state index is 10.6. The van der Waals surface area contributed by atoms with Crippen molar-refractivity contribution in [2.45, 2.75) is 13.0 Å². The summed E-state index contributed by atoms with van der Waals surface area (Å²) in [6, 6.07) is -1.42. The van der Waals surface area contributed by atoms with Gasteiger partial charge in [0, 0.05) is 0 Å². The predicted molar refractivity (Wildman–Crippen MR) is 35.4 cm³/mol. The zero-order valence-electron chi connectivity index (χ0n) is 5.57. The van der Waals surface area contributed by atoms with Gasteiger partial charge in [-0.15, -0.1) is 0 Å². The Bertz CT molecular complexity index is 174. The van der Waals surface area contributed by atoms with Gasteiger partial charge in [0.2, 0.25) is 0 Å². The minimum Gasteiger partial charge on any atom is -0.480 e. The van der Waals surface area contributed by atoms with Crippen LogP contribution in [0.25, 0.3) is 0 Å². The minimum absolute atomic E-state index is 0.588. The van der Waals surface area contributed by atoms with Gasteiger partial charge in [0.05, 0.1) is 0 Å². The van der Waals surface area contributed by atoms with Gasteiger partial charge in [0.1, 0.15) is 0 Å². The summed E-state index contributed by atoms with van der Waals surface area (Å²) in [7, 11) is 0. The Morgan fingerprint density at radius 1 is 1.60 bits per heavy atom. The van der Waals surface area contributed by atoms with E-state index in [1.807, 2.05) is 0 Å². The third-order valence-electron chi connectivity index (χ3n) is 0.904. The van der Waals surface area contributed by atoms with E-state index in [1.54, 1.807) is 6.92 Å². The van der Waals surface area contributed by atoms with Crippen LogP contribution in [-0.4, -0.2) is 22.9 Å². The average molecular weight is 143 g/mol. The van der Waals surface area contributed by atoms with Gasteiger partial charge in [-0.1, -0.05) is 6.08 Å². The molecule has 4 heteroatoms. The molecule has 0 spiro atoms. The summed E-state index contributed by atoms with van der Waals surface area (Å²) in [5.41, 5.74) is 4.95. The Labute approximate surface area is 58.3 Å². The van der Waals surface area contributed by atoms with E-state index in [1.165, 1.54) is 6.08 Å². The van der Waals surface area contributed by atoms with Crippen LogP contribution in [0.1, 0.15) is 6.92 Å². The molecule has 0 saturated heterocycles. The maximum atomic E-state index is 10.6. The molecule has 0 saturated carbocycles. The molecular formula is C6H9NO3. The van der Waals surface area contributed by atoms with Crippen molar-refractivity contribution in [3.05, 3.63) is 12.2 Å². The van der Waals surface area contributed by atoms with Crippen molar-refractivity contribution in [1.29, 1.82) is 0 Å². The lowest BCUT2D eigenvalue weighted by molar-refractivity contribution is -0.141. The fourth-order valence-electron chi connectivity index (χ4n) is 0.390. The van der Waals surface area contributed by atoms with Crippen LogP contribution in [0.4, 0.5) is 0 Å². The van der Waals surface area contributed by atoms with Crippen LogP contribution in [-0.2, 0) is 9.59 Å². The molecular weight excluding hydrogens is 134 g/mol. The number of carboxylic acid groups (broad SMARTS) is 1. The summed E-state index contributed by atoms with van der Waals surface area (Å²) in [6.07, 6.45) is 2.59. The van der Waals surface area contributed by atoms with Crippen molar-refractivity contribution >= 4 is 11.8 Å². The van der Waals surface area contributed by atoms with Crippen LogP contribution in [0.15, 0.2) is 12.2 Å². The molecule has 0 aliphatic carbocycles. The maximum Gasteiger partial charge on any atom is 0.328 e. The number of rotatable bonds is 3. The smallest absolute Gasteiger partial charge is 0.328 e. The number of carbonyl (C=O) groups is 2. The summed E-state index contributed by atoms with van der Waals surface area (Å²) in [6.45, 7) is 1.62. The molecule has 0 radical (unpaired) electrons. The van der Waals surface area contributed by atoms with Gasteiger partial charge in [0.25, 0.3) is 0 Å². The number of allylic oxidation sites excluding steroid dienone is 1. The molecule has 0 aromatic heterocycles. The minimum atomic E-state index is -1.42. The summed E-state index contributed by atoms with van der Waals surface area (Å²) in [5, 5.41) is 8.20. The lowest BCUT2D eigenvalue weighted by Gasteiger charge is -1.98. The Morgan fingerprint density at radius 3 is 2.40 bits per heavy atom. The highest BCUT2D eigenvalue weighted by atomic mass is 16.4. The number of carbonyl (C=O) groups excluding carboxylic acids is 1. The van der Waals surface area contributed by atoms with E-state index in [-0.39, 0.29) is 0 Å². The van der Waals surface area contributed by atoms with E-state index in [0.29, 0.717) is 0 Å². The van der Waals surface area contributed by atoms with E-state index in [9.17, 15) is 9.59 Å². The van der Waals surface area contributed by atoms with Gasteiger partial charge in [-0.3, -0.25) is 9.59 Å². The third kappa shape index (κ3) is 2.41. The first-order valence-corrected chi connectivity index (χ1v) is 2.74. The van der Waals surface area contributed by atoms with Crippen molar-refractivity contribution in [2.24, 2.45) is 5.73 Å². The second kappa shape index (κ2) is 3.79. The summed E-state index contributed by atoms with van der Waals surface area (Å²) in [5.74, 6) is -1.89. The fourth-order valence-corrected chi connectivity index (χ4v) is 0.390. The largest absolute Gasteiger partial charge is 0.480 e. The van der Waals surface area contributed by atoms with Gasteiger partial charge in [-0.25, -0.2) is 0 Å². The molecule has 1 atom stereocenters. The van der Waals surface area contributed by atoms with Gasteiger partial charge in [0.15, 0.2) is 11.8 Å². The lowest BCUT2D eigenvalue weighted by atomic mass is 10.2. The molecule has 0 fully saturated rings. The van der Waals surface area contributed by atoms with Crippen molar-refractivity contribution in [2.75, 3.05) is 0 Å². The molecule has 1 unspecified atom stereocenters. The third-order valence-corrected chi connectivity index (χ3v) is 0.904. The highest BCUT2D eigenvalue weighted by molar-refractivity contribution is 6.07. The molecule has 4 nitrogen and oxygen atoms in total. The van der Waals surface area contributed by atoms with Crippen LogP contribution in [0.3, 0.4) is 0 Å². The highest BCUT2D eigenvalue weighted by Gasteiger charge is 2.17. The number of hydrogen-bond acceptors (Lipinski definition) is 3. The average Bonchev–Trinajstić information content (AvgIpc) is 1.87. The molecule has 0 amide bonds. The molecule has 0 rings (SSSR count). The lowest BCUT2D eigenvalue weighted by Crippen LogP contribution is -2.37. The second-order valence-corrected chi connectivity index (χ2v) is 1.72. The zero-order valence-corrected chi connectivity index (χ0v) is 5.57. The summed E-state index contributed by atoms with van der Waals surface area (Å²) < 4.78 is 0. The summed E-state index contributed by atoms with van der Waals surface area (Å²) >= 11 is 0. The van der Waals surface area contributed by atoms with Crippen LogP contribution in [0.2, 0.25) is 0 Å². The number of ketones is 1. The van der Waals surface area contributed by atoms with Gasteiger partial charge < -0.3 is 10.8 Å². The fraction of sp³-hybridized carbons (Fsp3) is 0.333. The van der Waals surface area contributed by atoms with Crippen molar-refractivity contribution in [3.8, 4) is 0 Å². The highest BCUT2D eigenvalue weighted by Crippen LogP contribution is 1.84. The summed E-state index contributed by atoms with van der Waals surface area (Å²) in [4.78, 5) is 20.6. The molecule has 0 aliphatic heterocycles. The van der Waals surface area contributed by atoms with Gasteiger partial charge in [-0.2, -0.15) is 0 Å². The van der Waals surface area contributed by atoms with E-state index >= 15 is 0 Å². The van der Waals surface area contributed by atoms with E-state index in [2.05, 4.69) is 0 Å². The van der Waals surface area contributed by atoms with Crippen LogP contribution >= 0.6 is 0 Å². The van der Waals surface area contributed by atoms with Crippen molar-refractivity contribution in [3.63, 3.8) is 0 Å². The standard InChI is InChI=1S/C6H9NO3/c1-2-3-4(8)5(7)6(9)10/h2-3,5H,7H2,1H3,(H,9,10). The number of nitrogens with two attached hydrogens (primary N) is 1. The predicted octanol–water partition coefficient (Wildman–Crippen LogP) is -0.457. The van der Waals surface area contributed by atoms with Gasteiger partial charge >= 0.3 is 5.97 Å². The van der Waals surface area contributed by atoms with Crippen LogP contribution < -0.4 is 5.73 Å². The Balaban J connectivity index is 4.08. The van der Waals surface area contributed by atoms with Crippen molar-refractivity contribution < 1.29 is 14.7 Å². The Hall–Kier alpha value is -1.16. The normalized spacial score (nSPS) is 13.4. The second-order valence-electron chi connectivity index (χ2n) is 1.72. The van der Waals surface area contributed by atoms with Crippen LogP contribution in [0, 0.1) is 0 Å². The van der Waals surface area contributed by atoms with Crippen molar-refractivity contribution in [1.82, 2.24) is 0 Å². The Morgan fingerprint density at radius 2 is 2.10 bits per heavy atom. The first-order chi connectivity index (χ1) is 4.59. The molecule has 0 bridgehead atoms. The first-order valence-electron chi connectivity index (χ1n) is 2.74. The molecule has 0 heterocycles. The quantitative estimate of drug-likeness (QED) is 0.414. The first kappa shape index (κ1) is 8.84. The van der Waals surface area contributed by atoms with Gasteiger partial charge in [-0.05, 0) is 13.0 Å². The number of carboxylic acids is 1.